The summed E-state index contributed by atoms with van der Waals surface area (Å²) < 4.78 is 41.7. The number of benzene rings is 1. The Morgan fingerprint density at radius 3 is 2.73 bits per heavy atom. The summed E-state index contributed by atoms with van der Waals surface area (Å²) in [5.41, 5.74) is 0.946. The molecule has 1 amide bonds. The first-order valence-electron chi connectivity index (χ1n) is 10.8. The van der Waals surface area contributed by atoms with Crippen molar-refractivity contribution in [2.45, 2.75) is 38.0 Å². The van der Waals surface area contributed by atoms with Crippen molar-refractivity contribution >= 4 is 29.2 Å². The molecule has 2 unspecified atom stereocenters. The van der Waals surface area contributed by atoms with Crippen molar-refractivity contribution in [1.82, 2.24) is 10.2 Å². The second-order valence-corrected chi connectivity index (χ2v) is 9.22. The van der Waals surface area contributed by atoms with Crippen LogP contribution in [-0.2, 0) is 9.59 Å². The number of rotatable bonds is 11. The lowest BCUT2D eigenvalue weighted by atomic mass is 10.1. The summed E-state index contributed by atoms with van der Waals surface area (Å²) in [6.45, 7) is 2.46. The van der Waals surface area contributed by atoms with E-state index < -0.39 is 12.8 Å². The van der Waals surface area contributed by atoms with Crippen molar-refractivity contribution in [3.8, 4) is 5.06 Å². The lowest BCUT2D eigenvalue weighted by Crippen LogP contribution is -2.38. The van der Waals surface area contributed by atoms with Gasteiger partial charge in [-0.3, -0.25) is 4.79 Å². The van der Waals surface area contributed by atoms with E-state index in [1.165, 1.54) is 6.07 Å². The van der Waals surface area contributed by atoms with Crippen LogP contribution < -0.4 is 15.4 Å². The maximum absolute atomic E-state index is 12.8. The molecule has 10 heteroatoms. The second kappa shape index (κ2) is 11.5. The third-order valence-electron chi connectivity index (χ3n) is 5.41. The topological polar surface area (TPSA) is 70.7 Å². The minimum absolute atomic E-state index is 0.0492. The summed E-state index contributed by atoms with van der Waals surface area (Å²) in [4.78, 5) is 26.8. The van der Waals surface area contributed by atoms with Gasteiger partial charge in [0.05, 0.1) is 12.0 Å². The van der Waals surface area contributed by atoms with Gasteiger partial charge in [-0.15, -0.1) is 11.3 Å². The van der Waals surface area contributed by atoms with Crippen LogP contribution in [0.25, 0.3) is 0 Å². The summed E-state index contributed by atoms with van der Waals surface area (Å²) in [6.07, 6.45) is -2.41. The molecule has 2 N–H and O–H groups in total. The highest BCUT2D eigenvalue weighted by atomic mass is 32.1. The smallest absolute Gasteiger partial charge is 0.422 e. The molecule has 0 saturated carbocycles. The van der Waals surface area contributed by atoms with Gasteiger partial charge in [0.1, 0.15) is 6.29 Å². The van der Waals surface area contributed by atoms with Gasteiger partial charge in [0.15, 0.2) is 11.7 Å². The van der Waals surface area contributed by atoms with Gasteiger partial charge in [-0.2, -0.15) is 13.2 Å². The quantitative estimate of drug-likeness (QED) is 0.468. The lowest BCUT2D eigenvalue weighted by Gasteiger charge is -2.24. The van der Waals surface area contributed by atoms with Crippen LogP contribution in [-0.4, -0.2) is 55.6 Å². The third kappa shape index (κ3) is 8.04. The van der Waals surface area contributed by atoms with Gasteiger partial charge >= 0.3 is 6.18 Å². The Hall–Kier alpha value is -2.59. The standard InChI is InChI=1S/C23H28F3N3O3S/c1-16(20-7-8-21(33-20)32-15-23(24,25)26)27-22(31)17-9-11-29(13-17)14-19(10-12-30)28-18-5-3-2-4-6-18/h2-8,12,16-17,19,28H,9-11,13-15H2,1H3,(H,27,31)/t16?,17-,19?/m1/s1. The zero-order valence-corrected chi connectivity index (χ0v) is 19.1. The van der Waals surface area contributed by atoms with E-state index in [1.807, 2.05) is 30.3 Å². The second-order valence-electron chi connectivity index (χ2n) is 8.15. The van der Waals surface area contributed by atoms with Crippen molar-refractivity contribution in [3.05, 3.63) is 47.3 Å². The van der Waals surface area contributed by atoms with Crippen molar-refractivity contribution in [2.75, 3.05) is 31.6 Å². The molecule has 1 saturated heterocycles. The van der Waals surface area contributed by atoms with Crippen LogP contribution >= 0.6 is 11.3 Å². The molecule has 2 aromatic rings. The third-order valence-corrected chi connectivity index (χ3v) is 6.59. The number of hydrogen-bond donors (Lipinski definition) is 2. The maximum atomic E-state index is 12.8. The molecule has 0 radical (unpaired) electrons. The van der Waals surface area contributed by atoms with E-state index in [-0.39, 0.29) is 29.0 Å². The van der Waals surface area contributed by atoms with Crippen LogP contribution in [0.1, 0.15) is 30.7 Å². The molecule has 1 aliphatic rings. The predicted octanol–water partition coefficient (Wildman–Crippen LogP) is 4.26. The van der Waals surface area contributed by atoms with Crippen LogP contribution in [0.4, 0.5) is 18.9 Å². The fraction of sp³-hybridized carbons (Fsp3) is 0.478. The first kappa shape index (κ1) is 25.0. The van der Waals surface area contributed by atoms with E-state index in [9.17, 15) is 22.8 Å². The van der Waals surface area contributed by atoms with Crippen molar-refractivity contribution in [1.29, 1.82) is 0 Å². The molecule has 1 aromatic heterocycles. The van der Waals surface area contributed by atoms with Crippen LogP contribution in [0, 0.1) is 5.92 Å². The monoisotopic (exact) mass is 483 g/mol. The maximum Gasteiger partial charge on any atom is 0.422 e. The number of carbonyl (C=O) groups excluding carboxylic acids is 2. The Morgan fingerprint density at radius 1 is 1.27 bits per heavy atom. The average Bonchev–Trinajstić information content (AvgIpc) is 3.42. The average molecular weight is 484 g/mol. The van der Waals surface area contributed by atoms with E-state index in [0.717, 1.165) is 34.7 Å². The zero-order valence-electron chi connectivity index (χ0n) is 18.3. The Kier molecular flexibility index (Phi) is 8.74. The van der Waals surface area contributed by atoms with Crippen LogP contribution in [0.5, 0.6) is 5.06 Å². The van der Waals surface area contributed by atoms with E-state index in [4.69, 9.17) is 4.74 Å². The van der Waals surface area contributed by atoms with Crippen molar-refractivity contribution < 1.29 is 27.5 Å². The number of amides is 1. The number of anilines is 1. The van der Waals surface area contributed by atoms with Gasteiger partial charge in [-0.05, 0) is 44.2 Å². The molecule has 0 bridgehead atoms. The minimum atomic E-state index is -4.39. The fourth-order valence-corrected chi connectivity index (χ4v) is 4.65. The lowest BCUT2D eigenvalue weighted by molar-refractivity contribution is -0.152. The molecule has 180 valence electrons. The molecule has 33 heavy (non-hydrogen) atoms. The summed E-state index contributed by atoms with van der Waals surface area (Å²) in [5.74, 6) is -0.263. The molecule has 2 heterocycles. The molecule has 3 rings (SSSR count). The van der Waals surface area contributed by atoms with E-state index in [0.29, 0.717) is 25.9 Å². The number of thiophene rings is 1. The summed E-state index contributed by atoms with van der Waals surface area (Å²) in [6, 6.07) is 12.5. The van der Waals surface area contributed by atoms with Gasteiger partial charge in [0, 0.05) is 36.1 Å². The first-order chi connectivity index (χ1) is 15.7. The van der Waals surface area contributed by atoms with Crippen LogP contribution in [0.15, 0.2) is 42.5 Å². The number of nitrogens with zero attached hydrogens (tertiary/aromatic N) is 1. The largest absolute Gasteiger partial charge is 0.475 e. The number of likely N-dealkylation sites (tertiary alicyclic amines) is 1. The number of hydrogen-bond acceptors (Lipinski definition) is 6. The Morgan fingerprint density at radius 2 is 2.03 bits per heavy atom. The van der Waals surface area contributed by atoms with Crippen LogP contribution in [0.3, 0.4) is 0 Å². The van der Waals surface area contributed by atoms with Gasteiger partial charge in [-0.1, -0.05) is 18.2 Å². The fourth-order valence-electron chi connectivity index (χ4n) is 3.79. The van der Waals surface area contributed by atoms with Gasteiger partial charge in [0.2, 0.25) is 5.91 Å². The molecular weight excluding hydrogens is 455 g/mol. The number of alkyl halides is 3. The van der Waals surface area contributed by atoms with E-state index >= 15 is 0 Å². The van der Waals surface area contributed by atoms with E-state index in [2.05, 4.69) is 15.5 Å². The molecule has 0 aliphatic carbocycles. The highest BCUT2D eigenvalue weighted by molar-refractivity contribution is 7.13. The minimum Gasteiger partial charge on any atom is -0.475 e. The highest BCUT2D eigenvalue weighted by Crippen LogP contribution is 2.31. The van der Waals surface area contributed by atoms with Crippen LogP contribution in [0.2, 0.25) is 0 Å². The molecule has 0 spiro atoms. The van der Waals surface area contributed by atoms with Gasteiger partial charge in [0.25, 0.3) is 0 Å². The summed E-state index contributed by atoms with van der Waals surface area (Å²) >= 11 is 1.09. The predicted molar refractivity (Wildman–Crippen MR) is 122 cm³/mol. The van der Waals surface area contributed by atoms with Crippen molar-refractivity contribution in [2.24, 2.45) is 5.92 Å². The zero-order chi connectivity index (χ0) is 23.8. The summed E-state index contributed by atoms with van der Waals surface area (Å²) in [5, 5.41) is 6.50. The van der Waals surface area contributed by atoms with Gasteiger partial charge < -0.3 is 25.1 Å². The number of carbonyl (C=O) groups is 2. The molecule has 1 aromatic carbocycles. The van der Waals surface area contributed by atoms with Gasteiger partial charge in [-0.25, -0.2) is 0 Å². The highest BCUT2D eigenvalue weighted by Gasteiger charge is 2.31. The Balaban J connectivity index is 1.47. The summed E-state index contributed by atoms with van der Waals surface area (Å²) in [7, 11) is 0. The molecule has 1 aliphatic heterocycles. The SMILES string of the molecule is CC(NC(=O)[C@@H]1CCN(CC(CC=O)Nc2ccccc2)C1)c1ccc(OCC(F)(F)F)s1. The first-order valence-corrected chi connectivity index (χ1v) is 11.6. The Bertz CT molecular complexity index is 907. The number of para-hydroxylation sites is 1. The molecular formula is C23H28F3N3O3S. The van der Waals surface area contributed by atoms with E-state index in [1.54, 1.807) is 13.0 Å². The van der Waals surface area contributed by atoms with Crippen molar-refractivity contribution in [3.63, 3.8) is 0 Å². The Labute approximate surface area is 195 Å². The molecule has 3 atom stereocenters. The number of aldehydes is 1. The molecule has 6 nitrogen and oxygen atoms in total. The molecule has 1 fully saturated rings. The number of ether oxygens (including phenoxy) is 1. The normalized spacial score (nSPS) is 18.5. The number of halogens is 3. The number of nitrogens with one attached hydrogen (secondary N) is 2.